The molecular weight excluding hydrogens is 530 g/mol. The van der Waals surface area contributed by atoms with Gasteiger partial charge in [0.1, 0.15) is 12.3 Å². The molecule has 0 aromatic heterocycles. The number of carbonyl (C=O) groups excluding carboxylic acids is 7. The number of anilines is 2. The number of rotatable bonds is 9. The van der Waals surface area contributed by atoms with Crippen molar-refractivity contribution in [1.82, 2.24) is 25.8 Å². The highest BCUT2D eigenvalue weighted by Crippen LogP contribution is 2.25. The average Bonchev–Trinajstić information content (AvgIpc) is 3.00. The van der Waals surface area contributed by atoms with E-state index in [-0.39, 0.29) is 49.2 Å². The Balaban J connectivity index is 1.84. The van der Waals surface area contributed by atoms with Crippen LogP contribution in [0, 0.1) is 0 Å². The summed E-state index contributed by atoms with van der Waals surface area (Å²) in [4.78, 5) is 97.8. The second-order valence-electron chi connectivity index (χ2n) is 9.12. The minimum absolute atomic E-state index is 0.00788. The van der Waals surface area contributed by atoms with E-state index in [4.69, 9.17) is 5.11 Å². The van der Waals surface area contributed by atoms with E-state index in [9.17, 15) is 38.4 Å². The molecule has 7 amide bonds. The topological polar surface area (TPSA) is 215 Å². The molecule has 2 heterocycles. The van der Waals surface area contributed by atoms with Crippen molar-refractivity contribution < 1.29 is 43.5 Å². The van der Waals surface area contributed by atoms with Gasteiger partial charge in [0, 0.05) is 32.4 Å². The third-order valence-corrected chi connectivity index (χ3v) is 6.00. The zero-order valence-electron chi connectivity index (χ0n) is 21.8. The van der Waals surface area contributed by atoms with E-state index >= 15 is 0 Å². The van der Waals surface area contributed by atoms with Crippen molar-refractivity contribution in [2.24, 2.45) is 0 Å². The second-order valence-corrected chi connectivity index (χ2v) is 9.12. The number of hydrazine groups is 2. The van der Waals surface area contributed by atoms with Gasteiger partial charge in [-0.1, -0.05) is 0 Å². The Bertz CT molecular complexity index is 1250. The number of nitrogens with zero attached hydrogens (tertiary/aromatic N) is 3. The van der Waals surface area contributed by atoms with Gasteiger partial charge in [0.25, 0.3) is 5.91 Å². The molecule has 40 heavy (non-hydrogen) atoms. The molecule has 0 radical (unpaired) electrons. The highest BCUT2D eigenvalue weighted by Gasteiger charge is 2.44. The van der Waals surface area contributed by atoms with Crippen molar-refractivity contribution in [3.8, 4) is 0 Å². The van der Waals surface area contributed by atoms with Gasteiger partial charge in [-0.3, -0.25) is 34.2 Å². The molecule has 3 rings (SSSR count). The lowest BCUT2D eigenvalue weighted by atomic mass is 10.1. The second kappa shape index (κ2) is 12.7. The number of aliphatic carboxylic acids is 1. The maximum Gasteiger partial charge on any atom is 0.358 e. The molecule has 2 atom stereocenters. The largest absolute Gasteiger partial charge is 0.481 e. The number of carbonyl (C=O) groups is 8. The summed E-state index contributed by atoms with van der Waals surface area (Å²) in [7, 11) is 0. The molecule has 0 saturated carbocycles. The predicted molar refractivity (Wildman–Crippen MR) is 136 cm³/mol. The molecule has 0 bridgehead atoms. The molecule has 0 spiro atoms. The first-order chi connectivity index (χ1) is 18.9. The number of fused-ring (bicyclic) bond motifs is 1. The van der Waals surface area contributed by atoms with Crippen LogP contribution in [0.4, 0.5) is 16.2 Å². The maximum absolute atomic E-state index is 13.5. The molecule has 2 aliphatic rings. The van der Waals surface area contributed by atoms with Gasteiger partial charge in [0.2, 0.25) is 23.6 Å². The normalized spacial score (nSPS) is 17.6. The summed E-state index contributed by atoms with van der Waals surface area (Å²) in [5.41, 5.74) is 2.80. The summed E-state index contributed by atoms with van der Waals surface area (Å²) in [5.74, 6) is -4.27. The Morgan fingerprint density at radius 2 is 1.73 bits per heavy atom. The van der Waals surface area contributed by atoms with Crippen LogP contribution < -0.4 is 21.4 Å². The molecule has 0 aliphatic carbocycles. The Kier molecular flexibility index (Phi) is 9.37. The van der Waals surface area contributed by atoms with Gasteiger partial charge in [-0.25, -0.2) is 19.8 Å². The van der Waals surface area contributed by atoms with Crippen molar-refractivity contribution >= 4 is 59.2 Å². The first kappa shape index (κ1) is 29.5. The van der Waals surface area contributed by atoms with Gasteiger partial charge in [-0.2, -0.15) is 0 Å². The molecule has 1 aromatic carbocycles. The van der Waals surface area contributed by atoms with Gasteiger partial charge in [0.05, 0.1) is 30.4 Å². The SMILES string of the molecule is CC(=O)Nc1ccc(C(=O)NN2CCC(=O)N3CCCC(C(=O)NC(C=O)CC(=O)O)N3C2=O)cc1NC(C)=O. The molecule has 16 heteroatoms. The fourth-order valence-electron chi connectivity index (χ4n) is 4.28. The molecule has 5 N–H and O–H groups in total. The van der Waals surface area contributed by atoms with Crippen LogP contribution in [-0.4, -0.2) is 93.1 Å². The number of amides is 7. The number of carboxylic acid groups (broad SMARTS) is 1. The molecule has 2 aliphatic heterocycles. The molecular formula is C24H29N7O9. The minimum atomic E-state index is -1.34. The first-order valence-corrected chi connectivity index (χ1v) is 12.3. The van der Waals surface area contributed by atoms with Crippen molar-refractivity contribution in [3.05, 3.63) is 23.8 Å². The third-order valence-electron chi connectivity index (χ3n) is 6.00. The highest BCUT2D eigenvalue weighted by molar-refractivity contribution is 6.02. The number of hydrogen-bond acceptors (Lipinski definition) is 8. The zero-order chi connectivity index (χ0) is 29.6. The van der Waals surface area contributed by atoms with Gasteiger partial charge in [0.15, 0.2) is 0 Å². The smallest absolute Gasteiger partial charge is 0.358 e. The summed E-state index contributed by atoms with van der Waals surface area (Å²) in [6.45, 7) is 2.43. The number of aldehydes is 1. The van der Waals surface area contributed by atoms with E-state index in [0.29, 0.717) is 6.42 Å². The number of hydrogen-bond donors (Lipinski definition) is 5. The minimum Gasteiger partial charge on any atom is -0.481 e. The van der Waals surface area contributed by atoms with Crippen LogP contribution in [0.25, 0.3) is 0 Å². The van der Waals surface area contributed by atoms with E-state index in [2.05, 4.69) is 21.4 Å². The van der Waals surface area contributed by atoms with Crippen molar-refractivity contribution in [1.29, 1.82) is 0 Å². The fraction of sp³-hybridized carbons (Fsp3) is 0.417. The molecule has 2 saturated heterocycles. The lowest BCUT2D eigenvalue weighted by Gasteiger charge is -2.42. The van der Waals surface area contributed by atoms with E-state index in [1.54, 1.807) is 0 Å². The average molecular weight is 560 g/mol. The van der Waals surface area contributed by atoms with Gasteiger partial charge in [-0.05, 0) is 31.0 Å². The third kappa shape index (κ3) is 7.09. The van der Waals surface area contributed by atoms with Crippen LogP contribution in [0.15, 0.2) is 18.2 Å². The molecule has 1 aromatic rings. The summed E-state index contributed by atoms with van der Waals surface area (Å²) < 4.78 is 0. The van der Waals surface area contributed by atoms with E-state index < -0.39 is 60.0 Å². The monoisotopic (exact) mass is 559 g/mol. The van der Waals surface area contributed by atoms with Crippen molar-refractivity contribution in [2.45, 2.75) is 51.6 Å². The Morgan fingerprint density at radius 1 is 1.05 bits per heavy atom. The highest BCUT2D eigenvalue weighted by atomic mass is 16.4. The van der Waals surface area contributed by atoms with Gasteiger partial charge < -0.3 is 25.9 Å². The van der Waals surface area contributed by atoms with Crippen LogP contribution >= 0.6 is 0 Å². The van der Waals surface area contributed by atoms with Crippen LogP contribution in [-0.2, 0) is 28.8 Å². The number of urea groups is 1. The van der Waals surface area contributed by atoms with Crippen LogP contribution in [0.1, 0.15) is 49.9 Å². The number of nitrogens with one attached hydrogen (secondary N) is 4. The fourth-order valence-corrected chi connectivity index (χ4v) is 4.28. The number of benzene rings is 1. The summed E-state index contributed by atoms with van der Waals surface area (Å²) >= 11 is 0. The lowest BCUT2D eigenvalue weighted by molar-refractivity contribution is -0.155. The summed E-state index contributed by atoms with van der Waals surface area (Å²) in [5, 5.41) is 19.2. The van der Waals surface area contributed by atoms with Crippen LogP contribution in [0.3, 0.4) is 0 Å². The molecule has 16 nitrogen and oxygen atoms in total. The van der Waals surface area contributed by atoms with Crippen molar-refractivity contribution in [3.63, 3.8) is 0 Å². The van der Waals surface area contributed by atoms with Crippen molar-refractivity contribution in [2.75, 3.05) is 23.7 Å². The van der Waals surface area contributed by atoms with E-state index in [1.165, 1.54) is 32.0 Å². The Labute approximate surface area is 227 Å². The summed E-state index contributed by atoms with van der Waals surface area (Å²) in [6, 6.07) is 0.556. The van der Waals surface area contributed by atoms with Gasteiger partial charge in [-0.15, -0.1) is 0 Å². The van der Waals surface area contributed by atoms with Gasteiger partial charge >= 0.3 is 12.0 Å². The number of carboxylic acids is 1. The Hall–Kier alpha value is -5.02. The van der Waals surface area contributed by atoms with Crippen LogP contribution in [0.2, 0.25) is 0 Å². The zero-order valence-corrected chi connectivity index (χ0v) is 21.8. The van der Waals surface area contributed by atoms with E-state index in [0.717, 1.165) is 15.0 Å². The maximum atomic E-state index is 13.5. The lowest BCUT2D eigenvalue weighted by Crippen LogP contribution is -2.64. The van der Waals surface area contributed by atoms with E-state index in [1.807, 2.05) is 0 Å². The predicted octanol–water partition coefficient (Wildman–Crippen LogP) is -0.560. The standard InChI is InChI=1S/C24H29N7O9/c1-13(33)25-17-6-5-15(10-18(17)26-14(2)34)22(38)28-29-9-7-20(35)30-8-3-4-19(31(30)24(29)40)23(39)27-16(12-32)11-21(36)37/h5-6,10,12,16,19H,3-4,7-9,11H2,1-2H3,(H,25,33)(H,26,34)(H,27,39)(H,28,38)(H,36,37). The molecule has 2 unspecified atom stereocenters. The molecule has 2 fully saturated rings. The molecule has 214 valence electrons. The first-order valence-electron chi connectivity index (χ1n) is 12.3. The summed E-state index contributed by atoms with van der Waals surface area (Å²) in [6.07, 6.45) is -0.0992. The quantitative estimate of drug-likeness (QED) is 0.245. The van der Waals surface area contributed by atoms with Crippen LogP contribution in [0.5, 0.6) is 0 Å². The Morgan fingerprint density at radius 3 is 2.35 bits per heavy atom.